The quantitative estimate of drug-likeness (QED) is 0.584. The van der Waals surface area contributed by atoms with E-state index in [1.54, 1.807) is 12.3 Å². The Kier molecular flexibility index (Phi) is 2.82. The van der Waals surface area contributed by atoms with Gasteiger partial charge >= 0.3 is 0 Å². The molecule has 0 spiro atoms. The van der Waals surface area contributed by atoms with Gasteiger partial charge in [0.05, 0.1) is 6.61 Å². The van der Waals surface area contributed by atoms with E-state index in [0.717, 1.165) is 0 Å². The molecular weight excluding hydrogens is 156 g/mol. The zero-order chi connectivity index (χ0) is 8.97. The van der Waals surface area contributed by atoms with Crippen molar-refractivity contribution in [2.45, 2.75) is 13.0 Å². The van der Waals surface area contributed by atoms with E-state index in [9.17, 15) is 0 Å². The van der Waals surface area contributed by atoms with E-state index in [0.29, 0.717) is 5.82 Å². The van der Waals surface area contributed by atoms with E-state index in [-0.39, 0.29) is 18.6 Å². The molecule has 0 aliphatic rings. The third-order valence-electron chi connectivity index (χ3n) is 1.34. The highest BCUT2D eigenvalue weighted by atomic mass is 16.3. The molecule has 5 heteroatoms. The summed E-state index contributed by atoms with van der Waals surface area (Å²) in [5.74, 6) is 0.856. The Hall–Kier alpha value is -1.36. The minimum atomic E-state index is -0.0284. The van der Waals surface area contributed by atoms with E-state index in [2.05, 4.69) is 15.3 Å². The zero-order valence-electron chi connectivity index (χ0n) is 6.86. The molecule has 1 heterocycles. The van der Waals surface area contributed by atoms with Crippen LogP contribution in [0.1, 0.15) is 6.92 Å². The van der Waals surface area contributed by atoms with Crippen molar-refractivity contribution in [2.75, 3.05) is 17.7 Å². The summed E-state index contributed by atoms with van der Waals surface area (Å²) < 4.78 is 0. The molecule has 0 amide bonds. The van der Waals surface area contributed by atoms with Crippen molar-refractivity contribution in [2.24, 2.45) is 0 Å². The van der Waals surface area contributed by atoms with E-state index < -0.39 is 0 Å². The van der Waals surface area contributed by atoms with Crippen molar-refractivity contribution in [3.05, 3.63) is 12.3 Å². The minimum Gasteiger partial charge on any atom is -0.394 e. The van der Waals surface area contributed by atoms with Crippen LogP contribution in [0.25, 0.3) is 0 Å². The first-order valence-corrected chi connectivity index (χ1v) is 3.68. The summed E-state index contributed by atoms with van der Waals surface area (Å²) in [6, 6.07) is 1.67. The van der Waals surface area contributed by atoms with Gasteiger partial charge in [-0.3, -0.25) is 0 Å². The van der Waals surface area contributed by atoms with Crippen LogP contribution in [0.5, 0.6) is 0 Å². The Bertz CT molecular complexity index is 253. The fourth-order valence-electron chi connectivity index (χ4n) is 0.752. The number of aromatic nitrogens is 2. The van der Waals surface area contributed by atoms with Gasteiger partial charge in [0.25, 0.3) is 0 Å². The molecule has 1 rings (SSSR count). The van der Waals surface area contributed by atoms with Gasteiger partial charge in [-0.2, -0.15) is 4.98 Å². The number of nitrogens with two attached hydrogens (primary N) is 1. The van der Waals surface area contributed by atoms with Gasteiger partial charge in [-0.05, 0) is 13.0 Å². The van der Waals surface area contributed by atoms with E-state index >= 15 is 0 Å². The number of rotatable bonds is 3. The molecule has 12 heavy (non-hydrogen) atoms. The highest BCUT2D eigenvalue weighted by Crippen LogP contribution is 2.03. The average Bonchev–Trinajstić information content (AvgIpc) is 2.04. The number of hydrogen-bond acceptors (Lipinski definition) is 5. The monoisotopic (exact) mass is 168 g/mol. The second-order valence-electron chi connectivity index (χ2n) is 2.53. The van der Waals surface area contributed by atoms with Crippen LogP contribution in [-0.4, -0.2) is 27.7 Å². The van der Waals surface area contributed by atoms with Gasteiger partial charge in [-0.1, -0.05) is 0 Å². The molecule has 0 aromatic carbocycles. The number of nitrogens with one attached hydrogen (secondary N) is 1. The van der Waals surface area contributed by atoms with Crippen molar-refractivity contribution < 1.29 is 5.11 Å². The Morgan fingerprint density at radius 2 is 2.50 bits per heavy atom. The van der Waals surface area contributed by atoms with Crippen LogP contribution in [0.15, 0.2) is 12.3 Å². The standard InChI is InChI=1S/C7H12N4O/c1-5(4-12)10-6-2-3-9-7(8)11-6/h2-3,5,12H,4H2,1H3,(H3,8,9,10,11). The minimum absolute atomic E-state index is 0.0284. The van der Waals surface area contributed by atoms with Crippen LogP contribution in [0.2, 0.25) is 0 Å². The molecule has 1 aromatic heterocycles. The SMILES string of the molecule is CC(CO)Nc1ccnc(N)n1. The molecule has 0 fully saturated rings. The van der Waals surface area contributed by atoms with E-state index in [4.69, 9.17) is 10.8 Å². The second-order valence-corrected chi connectivity index (χ2v) is 2.53. The lowest BCUT2D eigenvalue weighted by Crippen LogP contribution is -2.20. The first-order chi connectivity index (χ1) is 5.72. The topological polar surface area (TPSA) is 84.1 Å². The lowest BCUT2D eigenvalue weighted by atomic mass is 10.3. The van der Waals surface area contributed by atoms with Crippen LogP contribution in [0.4, 0.5) is 11.8 Å². The van der Waals surface area contributed by atoms with Crippen molar-refractivity contribution >= 4 is 11.8 Å². The Labute approximate surface area is 70.6 Å². The molecule has 5 nitrogen and oxygen atoms in total. The molecule has 0 radical (unpaired) electrons. The molecule has 4 N–H and O–H groups in total. The largest absolute Gasteiger partial charge is 0.394 e. The molecule has 1 aromatic rings. The number of anilines is 2. The number of aliphatic hydroxyl groups excluding tert-OH is 1. The van der Waals surface area contributed by atoms with Crippen LogP contribution in [-0.2, 0) is 0 Å². The lowest BCUT2D eigenvalue weighted by Gasteiger charge is -2.10. The fourth-order valence-corrected chi connectivity index (χ4v) is 0.752. The number of aliphatic hydroxyl groups is 1. The summed E-state index contributed by atoms with van der Waals surface area (Å²) in [5, 5.41) is 11.7. The average molecular weight is 168 g/mol. The maximum Gasteiger partial charge on any atom is 0.221 e. The highest BCUT2D eigenvalue weighted by molar-refractivity contribution is 5.37. The van der Waals surface area contributed by atoms with Gasteiger partial charge in [0, 0.05) is 12.2 Å². The highest BCUT2D eigenvalue weighted by Gasteiger charge is 2.00. The van der Waals surface area contributed by atoms with Crippen molar-refractivity contribution in [1.82, 2.24) is 9.97 Å². The molecule has 0 saturated carbocycles. The van der Waals surface area contributed by atoms with Crippen molar-refractivity contribution in [3.63, 3.8) is 0 Å². The van der Waals surface area contributed by atoms with Crippen LogP contribution in [0.3, 0.4) is 0 Å². The Morgan fingerprint density at radius 3 is 3.08 bits per heavy atom. The molecule has 66 valence electrons. The number of nitrogens with zero attached hydrogens (tertiary/aromatic N) is 2. The second kappa shape index (κ2) is 3.87. The lowest BCUT2D eigenvalue weighted by molar-refractivity contribution is 0.281. The van der Waals surface area contributed by atoms with Gasteiger partial charge in [0.2, 0.25) is 5.95 Å². The summed E-state index contributed by atoms with van der Waals surface area (Å²) >= 11 is 0. The predicted octanol–water partition coefficient (Wildman–Crippen LogP) is -0.149. The van der Waals surface area contributed by atoms with Gasteiger partial charge in [0.15, 0.2) is 0 Å². The maximum atomic E-state index is 8.73. The molecule has 0 saturated heterocycles. The van der Waals surface area contributed by atoms with Gasteiger partial charge in [0.1, 0.15) is 5.82 Å². The summed E-state index contributed by atoms with van der Waals surface area (Å²) in [5.41, 5.74) is 5.35. The fraction of sp³-hybridized carbons (Fsp3) is 0.429. The molecule has 0 bridgehead atoms. The predicted molar refractivity (Wildman–Crippen MR) is 46.6 cm³/mol. The molecule has 0 aliphatic carbocycles. The summed E-state index contributed by atoms with van der Waals surface area (Å²) in [6.07, 6.45) is 1.56. The first kappa shape index (κ1) is 8.73. The van der Waals surface area contributed by atoms with Crippen LogP contribution < -0.4 is 11.1 Å². The zero-order valence-corrected chi connectivity index (χ0v) is 6.86. The first-order valence-electron chi connectivity index (χ1n) is 3.68. The summed E-state index contributed by atoms with van der Waals surface area (Å²) in [6.45, 7) is 1.90. The van der Waals surface area contributed by atoms with E-state index in [1.165, 1.54) is 0 Å². The van der Waals surface area contributed by atoms with Gasteiger partial charge in [-0.15, -0.1) is 0 Å². The maximum absolute atomic E-state index is 8.73. The van der Waals surface area contributed by atoms with Crippen LogP contribution in [0, 0.1) is 0 Å². The Morgan fingerprint density at radius 1 is 1.75 bits per heavy atom. The van der Waals surface area contributed by atoms with E-state index in [1.807, 2.05) is 6.92 Å². The van der Waals surface area contributed by atoms with Crippen LogP contribution >= 0.6 is 0 Å². The smallest absolute Gasteiger partial charge is 0.221 e. The molecular formula is C7H12N4O. The van der Waals surface area contributed by atoms with Crippen molar-refractivity contribution in [3.8, 4) is 0 Å². The molecule has 0 aliphatic heterocycles. The molecule has 1 atom stereocenters. The molecule has 1 unspecified atom stereocenters. The normalized spacial score (nSPS) is 12.5. The van der Waals surface area contributed by atoms with Gasteiger partial charge < -0.3 is 16.2 Å². The Balaban J connectivity index is 2.63. The third-order valence-corrected chi connectivity index (χ3v) is 1.34. The van der Waals surface area contributed by atoms with Crippen molar-refractivity contribution in [1.29, 1.82) is 0 Å². The third kappa shape index (κ3) is 2.35. The van der Waals surface area contributed by atoms with Gasteiger partial charge in [-0.25, -0.2) is 4.98 Å². The summed E-state index contributed by atoms with van der Waals surface area (Å²) in [7, 11) is 0. The summed E-state index contributed by atoms with van der Waals surface area (Å²) in [4.78, 5) is 7.64. The number of hydrogen-bond donors (Lipinski definition) is 3. The number of nitrogen functional groups attached to an aromatic ring is 1.